The molecule has 3 N–H and O–H groups in total. The molecule has 5 heteroatoms. The SMILES string of the molecule is CNCc1ccccc1.O=C(O)[C@@]1(c2ccc(F)cc2)C[C@H]1CO. The van der Waals surface area contributed by atoms with E-state index in [1.165, 1.54) is 29.8 Å². The highest BCUT2D eigenvalue weighted by Gasteiger charge is 2.61. The second-order valence-corrected chi connectivity index (χ2v) is 5.88. The number of carboxylic acid groups (broad SMARTS) is 1. The van der Waals surface area contributed by atoms with Crippen molar-refractivity contribution in [2.75, 3.05) is 13.7 Å². The molecule has 0 radical (unpaired) electrons. The smallest absolute Gasteiger partial charge is 0.314 e. The van der Waals surface area contributed by atoms with Crippen LogP contribution in [0.2, 0.25) is 0 Å². The molecule has 2 atom stereocenters. The van der Waals surface area contributed by atoms with Crippen LogP contribution in [-0.4, -0.2) is 29.8 Å². The molecule has 1 fully saturated rings. The zero-order valence-corrected chi connectivity index (χ0v) is 13.6. The summed E-state index contributed by atoms with van der Waals surface area (Å²) >= 11 is 0. The Bertz CT molecular complexity index is 660. The number of hydrogen-bond acceptors (Lipinski definition) is 3. The summed E-state index contributed by atoms with van der Waals surface area (Å²) in [6, 6.07) is 15.8. The maximum Gasteiger partial charge on any atom is 0.314 e. The molecule has 4 nitrogen and oxygen atoms in total. The Morgan fingerprint density at radius 2 is 1.83 bits per heavy atom. The number of benzene rings is 2. The Hall–Kier alpha value is -2.24. The van der Waals surface area contributed by atoms with E-state index in [1.807, 2.05) is 25.2 Å². The molecule has 24 heavy (non-hydrogen) atoms. The number of aliphatic hydroxyl groups excluding tert-OH is 1. The van der Waals surface area contributed by atoms with Crippen LogP contribution in [0, 0.1) is 11.7 Å². The number of rotatable bonds is 5. The van der Waals surface area contributed by atoms with Gasteiger partial charge in [-0.25, -0.2) is 4.39 Å². The van der Waals surface area contributed by atoms with Crippen molar-refractivity contribution in [3.8, 4) is 0 Å². The Balaban J connectivity index is 0.000000198. The first-order chi connectivity index (χ1) is 11.5. The van der Waals surface area contributed by atoms with Crippen LogP contribution < -0.4 is 5.32 Å². The number of halogens is 1. The fourth-order valence-corrected chi connectivity index (χ4v) is 2.84. The molecule has 128 valence electrons. The van der Waals surface area contributed by atoms with Gasteiger partial charge in [0.25, 0.3) is 0 Å². The molecule has 2 aromatic carbocycles. The third kappa shape index (κ3) is 3.99. The summed E-state index contributed by atoms with van der Waals surface area (Å²) in [5.41, 5.74) is 0.901. The average molecular weight is 331 g/mol. The second kappa shape index (κ2) is 8.04. The minimum Gasteiger partial charge on any atom is -0.481 e. The lowest BCUT2D eigenvalue weighted by Crippen LogP contribution is -2.23. The number of carboxylic acids is 1. The van der Waals surface area contributed by atoms with Gasteiger partial charge in [-0.3, -0.25) is 4.79 Å². The molecule has 1 aliphatic carbocycles. The van der Waals surface area contributed by atoms with Crippen LogP contribution in [0.3, 0.4) is 0 Å². The first-order valence-electron chi connectivity index (χ1n) is 7.83. The highest BCUT2D eigenvalue weighted by molar-refractivity contribution is 5.85. The summed E-state index contributed by atoms with van der Waals surface area (Å²) < 4.78 is 12.7. The molecule has 0 spiro atoms. The van der Waals surface area contributed by atoms with Gasteiger partial charge in [-0.05, 0) is 36.7 Å². The predicted octanol–water partition coefficient (Wildman–Crippen LogP) is 2.57. The predicted molar refractivity (Wildman–Crippen MR) is 90.1 cm³/mol. The Morgan fingerprint density at radius 1 is 1.21 bits per heavy atom. The van der Waals surface area contributed by atoms with Gasteiger partial charge in [0.05, 0.1) is 5.41 Å². The fraction of sp³-hybridized carbons (Fsp3) is 0.316. The van der Waals surface area contributed by atoms with Crippen molar-refractivity contribution in [3.05, 3.63) is 71.5 Å². The molecule has 0 aliphatic heterocycles. The van der Waals surface area contributed by atoms with Crippen LogP contribution >= 0.6 is 0 Å². The lowest BCUT2D eigenvalue weighted by atomic mass is 9.93. The molecule has 2 aromatic rings. The van der Waals surface area contributed by atoms with Gasteiger partial charge in [0.15, 0.2) is 0 Å². The second-order valence-electron chi connectivity index (χ2n) is 5.88. The van der Waals surface area contributed by atoms with Crippen molar-refractivity contribution in [1.82, 2.24) is 5.32 Å². The Labute approximate surface area is 141 Å². The van der Waals surface area contributed by atoms with E-state index in [0.29, 0.717) is 12.0 Å². The maximum atomic E-state index is 12.7. The van der Waals surface area contributed by atoms with Crippen molar-refractivity contribution in [1.29, 1.82) is 0 Å². The van der Waals surface area contributed by atoms with E-state index in [-0.39, 0.29) is 18.3 Å². The lowest BCUT2D eigenvalue weighted by Gasteiger charge is -2.11. The van der Waals surface area contributed by atoms with Crippen LogP contribution in [0.15, 0.2) is 54.6 Å². The van der Waals surface area contributed by atoms with Crippen LogP contribution in [-0.2, 0) is 16.8 Å². The fourth-order valence-electron chi connectivity index (χ4n) is 2.84. The lowest BCUT2D eigenvalue weighted by molar-refractivity contribution is -0.140. The Morgan fingerprint density at radius 3 is 2.29 bits per heavy atom. The van der Waals surface area contributed by atoms with E-state index in [2.05, 4.69) is 17.4 Å². The minimum atomic E-state index is -0.998. The standard InChI is InChI=1S/C11H11FO3.C8H11N/c12-9-3-1-7(2-4-9)11(10(14)15)5-8(11)6-13;1-9-7-8-5-3-2-4-6-8/h1-4,8,13H,5-6H2,(H,14,15);2-6,9H,7H2,1H3/t8-,11+;/m0./s1. The van der Waals surface area contributed by atoms with E-state index in [9.17, 15) is 9.18 Å². The molecule has 0 saturated heterocycles. The number of nitrogens with one attached hydrogen (secondary N) is 1. The third-order valence-corrected chi connectivity index (χ3v) is 4.29. The van der Waals surface area contributed by atoms with Gasteiger partial charge in [-0.2, -0.15) is 0 Å². The molecule has 0 amide bonds. The van der Waals surface area contributed by atoms with Crippen molar-refractivity contribution in [2.45, 2.75) is 18.4 Å². The summed E-state index contributed by atoms with van der Waals surface area (Å²) in [4.78, 5) is 11.1. The highest BCUT2D eigenvalue weighted by Crippen LogP contribution is 2.54. The first-order valence-corrected chi connectivity index (χ1v) is 7.83. The average Bonchev–Trinajstić information content (AvgIpc) is 3.33. The third-order valence-electron chi connectivity index (χ3n) is 4.29. The van der Waals surface area contributed by atoms with Gasteiger partial charge >= 0.3 is 5.97 Å². The van der Waals surface area contributed by atoms with E-state index >= 15 is 0 Å². The number of carbonyl (C=O) groups is 1. The van der Waals surface area contributed by atoms with Crippen LogP contribution in [0.1, 0.15) is 17.5 Å². The summed E-state index contributed by atoms with van der Waals surface area (Å²) in [5.74, 6) is -1.59. The summed E-state index contributed by atoms with van der Waals surface area (Å²) in [7, 11) is 1.95. The van der Waals surface area contributed by atoms with Crippen molar-refractivity contribution < 1.29 is 19.4 Å². The maximum absolute atomic E-state index is 12.7. The summed E-state index contributed by atoms with van der Waals surface area (Å²) in [6.07, 6.45) is 0.421. The molecule has 0 heterocycles. The molecule has 1 saturated carbocycles. The van der Waals surface area contributed by atoms with Crippen molar-refractivity contribution in [3.63, 3.8) is 0 Å². The summed E-state index contributed by atoms with van der Waals surface area (Å²) in [6.45, 7) is 0.810. The van der Waals surface area contributed by atoms with Crippen molar-refractivity contribution in [2.24, 2.45) is 5.92 Å². The van der Waals surface area contributed by atoms with Crippen LogP contribution in [0.5, 0.6) is 0 Å². The van der Waals surface area contributed by atoms with E-state index in [0.717, 1.165) is 6.54 Å². The minimum absolute atomic E-state index is 0.149. The Kier molecular flexibility index (Phi) is 6.06. The molecular weight excluding hydrogens is 309 g/mol. The largest absolute Gasteiger partial charge is 0.481 e. The van der Waals surface area contributed by atoms with E-state index in [4.69, 9.17) is 10.2 Å². The van der Waals surface area contributed by atoms with Gasteiger partial charge in [0, 0.05) is 19.1 Å². The molecule has 0 aromatic heterocycles. The normalized spacial score (nSPS) is 21.5. The quantitative estimate of drug-likeness (QED) is 0.788. The molecule has 0 unspecified atom stereocenters. The van der Waals surface area contributed by atoms with E-state index < -0.39 is 11.4 Å². The number of aliphatic hydroxyl groups is 1. The molecule has 0 bridgehead atoms. The highest BCUT2D eigenvalue weighted by atomic mass is 19.1. The van der Waals surface area contributed by atoms with Crippen LogP contribution in [0.4, 0.5) is 4.39 Å². The van der Waals surface area contributed by atoms with Crippen molar-refractivity contribution >= 4 is 5.97 Å². The summed E-state index contributed by atoms with van der Waals surface area (Å²) in [5, 5.41) is 21.2. The zero-order valence-electron chi connectivity index (χ0n) is 13.6. The topological polar surface area (TPSA) is 69.6 Å². The molecular formula is C19H22FNO3. The number of aliphatic carboxylic acids is 1. The number of hydrogen-bond donors (Lipinski definition) is 3. The molecule has 3 rings (SSSR count). The van der Waals surface area contributed by atoms with Gasteiger partial charge in [-0.15, -0.1) is 0 Å². The van der Waals surface area contributed by atoms with Gasteiger partial charge in [0.2, 0.25) is 0 Å². The molecule has 1 aliphatic rings. The first kappa shape index (κ1) is 18.1. The van der Waals surface area contributed by atoms with Gasteiger partial charge < -0.3 is 15.5 Å². The van der Waals surface area contributed by atoms with Gasteiger partial charge in [-0.1, -0.05) is 42.5 Å². The van der Waals surface area contributed by atoms with Gasteiger partial charge in [0.1, 0.15) is 5.82 Å². The van der Waals surface area contributed by atoms with Crippen LogP contribution in [0.25, 0.3) is 0 Å². The van der Waals surface area contributed by atoms with E-state index in [1.54, 1.807) is 0 Å². The monoisotopic (exact) mass is 331 g/mol. The zero-order chi connectivity index (χ0) is 17.6.